The van der Waals surface area contributed by atoms with Crippen LogP contribution in [0.5, 0.6) is 0 Å². The zero-order valence-electron chi connectivity index (χ0n) is 10.6. The normalized spacial score (nSPS) is 11.7. The Labute approximate surface area is 107 Å². The maximum absolute atomic E-state index is 11.9. The van der Waals surface area contributed by atoms with Crippen molar-refractivity contribution in [2.24, 2.45) is 5.73 Å². The van der Waals surface area contributed by atoms with E-state index in [1.165, 1.54) is 7.11 Å². The molecule has 98 valence electrons. The van der Waals surface area contributed by atoms with Crippen LogP contribution < -0.4 is 10.6 Å². The maximum atomic E-state index is 11.9. The Bertz CT molecular complexity index is 406. The summed E-state index contributed by atoms with van der Waals surface area (Å²) in [6.45, 7) is 0. The first kappa shape index (κ1) is 14.2. The number of hydrogen-bond acceptors (Lipinski definition) is 4. The minimum Gasteiger partial charge on any atom is -0.468 e. The molecule has 0 spiro atoms. The SMILES string of the molecule is COC(=O)C(N)CCC(=O)N(C)c1ccccc1. The van der Waals surface area contributed by atoms with Crippen LogP contribution in [0.4, 0.5) is 5.69 Å². The average Bonchev–Trinajstić information content (AvgIpc) is 2.43. The Balaban J connectivity index is 2.49. The fourth-order valence-electron chi connectivity index (χ4n) is 1.51. The molecule has 18 heavy (non-hydrogen) atoms. The summed E-state index contributed by atoms with van der Waals surface area (Å²) >= 11 is 0. The number of esters is 1. The Morgan fingerprint density at radius 2 is 1.94 bits per heavy atom. The molecule has 1 aromatic rings. The second-order valence-corrected chi connectivity index (χ2v) is 3.96. The molecule has 1 atom stereocenters. The lowest BCUT2D eigenvalue weighted by Crippen LogP contribution is -2.34. The summed E-state index contributed by atoms with van der Waals surface area (Å²) in [7, 11) is 2.97. The second-order valence-electron chi connectivity index (χ2n) is 3.96. The lowest BCUT2D eigenvalue weighted by molar-refractivity contribution is -0.142. The van der Waals surface area contributed by atoms with Crippen molar-refractivity contribution in [3.63, 3.8) is 0 Å². The highest BCUT2D eigenvalue weighted by molar-refractivity contribution is 5.93. The van der Waals surface area contributed by atoms with Crippen molar-refractivity contribution >= 4 is 17.6 Å². The second kappa shape index (κ2) is 6.76. The fraction of sp³-hybridized carbons (Fsp3) is 0.385. The zero-order valence-corrected chi connectivity index (χ0v) is 10.6. The third-order valence-corrected chi connectivity index (χ3v) is 2.69. The number of nitrogens with zero attached hydrogens (tertiary/aromatic N) is 1. The van der Waals surface area contributed by atoms with E-state index in [4.69, 9.17) is 5.73 Å². The molecule has 0 radical (unpaired) electrons. The molecule has 0 aliphatic rings. The Morgan fingerprint density at radius 1 is 1.33 bits per heavy atom. The van der Waals surface area contributed by atoms with Gasteiger partial charge < -0.3 is 15.4 Å². The van der Waals surface area contributed by atoms with E-state index in [2.05, 4.69) is 4.74 Å². The molecule has 1 amide bonds. The molecule has 2 N–H and O–H groups in total. The molecule has 0 saturated carbocycles. The van der Waals surface area contributed by atoms with Gasteiger partial charge in [0.1, 0.15) is 6.04 Å². The van der Waals surface area contributed by atoms with Crippen LogP contribution in [-0.2, 0) is 14.3 Å². The van der Waals surface area contributed by atoms with Crippen LogP contribution in [0.1, 0.15) is 12.8 Å². The topological polar surface area (TPSA) is 72.6 Å². The van der Waals surface area contributed by atoms with E-state index in [9.17, 15) is 9.59 Å². The Morgan fingerprint density at radius 3 is 2.50 bits per heavy atom. The van der Waals surface area contributed by atoms with Gasteiger partial charge in [-0.15, -0.1) is 0 Å². The highest BCUT2D eigenvalue weighted by Crippen LogP contribution is 2.13. The van der Waals surface area contributed by atoms with E-state index in [0.717, 1.165) is 5.69 Å². The van der Waals surface area contributed by atoms with Crippen molar-refractivity contribution < 1.29 is 14.3 Å². The molecular formula is C13H18N2O3. The summed E-state index contributed by atoms with van der Waals surface area (Å²) in [5.41, 5.74) is 6.38. The molecule has 0 saturated heterocycles. The average molecular weight is 250 g/mol. The summed E-state index contributed by atoms with van der Waals surface area (Å²) < 4.78 is 4.50. The number of carbonyl (C=O) groups excluding carboxylic acids is 2. The molecule has 0 aliphatic heterocycles. The quantitative estimate of drug-likeness (QED) is 0.789. The number of benzene rings is 1. The standard InChI is InChI=1S/C13H18N2O3/c1-15(10-6-4-3-5-7-10)12(16)9-8-11(14)13(17)18-2/h3-7,11H,8-9,14H2,1-2H3. The fourth-order valence-corrected chi connectivity index (χ4v) is 1.51. The molecular weight excluding hydrogens is 232 g/mol. The number of nitrogens with two attached hydrogens (primary N) is 1. The van der Waals surface area contributed by atoms with Crippen LogP contribution in [0, 0.1) is 0 Å². The number of anilines is 1. The molecule has 1 aromatic carbocycles. The van der Waals surface area contributed by atoms with E-state index in [0.29, 0.717) is 0 Å². The number of rotatable bonds is 5. The maximum Gasteiger partial charge on any atom is 0.322 e. The van der Waals surface area contributed by atoms with E-state index in [1.807, 2.05) is 30.3 Å². The molecule has 0 aromatic heterocycles. The predicted molar refractivity (Wildman–Crippen MR) is 69.1 cm³/mol. The van der Waals surface area contributed by atoms with Gasteiger partial charge in [0, 0.05) is 19.2 Å². The number of hydrogen-bond donors (Lipinski definition) is 1. The van der Waals surface area contributed by atoms with Crippen LogP contribution in [0.2, 0.25) is 0 Å². The molecule has 5 heteroatoms. The van der Waals surface area contributed by atoms with Gasteiger partial charge in [-0.05, 0) is 18.6 Å². The van der Waals surface area contributed by atoms with Gasteiger partial charge >= 0.3 is 5.97 Å². The minimum absolute atomic E-state index is 0.0828. The number of ether oxygens (including phenoxy) is 1. The molecule has 0 bridgehead atoms. The smallest absolute Gasteiger partial charge is 0.322 e. The van der Waals surface area contributed by atoms with E-state index >= 15 is 0 Å². The van der Waals surface area contributed by atoms with Gasteiger partial charge in [0.25, 0.3) is 0 Å². The molecule has 0 heterocycles. The molecule has 0 fully saturated rings. The van der Waals surface area contributed by atoms with Gasteiger partial charge in [0.15, 0.2) is 0 Å². The Kier molecular flexibility index (Phi) is 5.32. The van der Waals surface area contributed by atoms with Crippen molar-refractivity contribution in [3.8, 4) is 0 Å². The highest BCUT2D eigenvalue weighted by atomic mass is 16.5. The largest absolute Gasteiger partial charge is 0.468 e. The van der Waals surface area contributed by atoms with E-state index in [1.54, 1.807) is 11.9 Å². The first-order valence-corrected chi connectivity index (χ1v) is 5.71. The highest BCUT2D eigenvalue weighted by Gasteiger charge is 2.17. The predicted octanol–water partition coefficient (Wildman–Crippen LogP) is 0.930. The van der Waals surface area contributed by atoms with Gasteiger partial charge in [-0.1, -0.05) is 18.2 Å². The summed E-state index contributed by atoms with van der Waals surface area (Å²) in [6.07, 6.45) is 0.490. The lowest BCUT2D eigenvalue weighted by Gasteiger charge is -2.18. The van der Waals surface area contributed by atoms with Crippen LogP contribution in [0.15, 0.2) is 30.3 Å². The zero-order chi connectivity index (χ0) is 13.5. The third kappa shape index (κ3) is 3.85. The van der Waals surface area contributed by atoms with Crippen LogP contribution in [0.3, 0.4) is 0 Å². The van der Waals surface area contributed by atoms with Gasteiger partial charge in [0.2, 0.25) is 5.91 Å². The van der Waals surface area contributed by atoms with Gasteiger partial charge in [-0.3, -0.25) is 9.59 Å². The van der Waals surface area contributed by atoms with Gasteiger partial charge in [-0.25, -0.2) is 0 Å². The molecule has 5 nitrogen and oxygen atoms in total. The molecule has 1 unspecified atom stereocenters. The monoisotopic (exact) mass is 250 g/mol. The van der Waals surface area contributed by atoms with Crippen LogP contribution in [0.25, 0.3) is 0 Å². The van der Waals surface area contributed by atoms with Crippen molar-refractivity contribution in [3.05, 3.63) is 30.3 Å². The van der Waals surface area contributed by atoms with Crippen molar-refractivity contribution in [2.45, 2.75) is 18.9 Å². The minimum atomic E-state index is -0.747. The molecule has 1 rings (SSSR count). The first-order valence-electron chi connectivity index (χ1n) is 5.71. The number of methoxy groups -OCH3 is 1. The van der Waals surface area contributed by atoms with E-state index in [-0.39, 0.29) is 18.7 Å². The summed E-state index contributed by atoms with van der Waals surface area (Å²) in [5.74, 6) is -0.578. The van der Waals surface area contributed by atoms with Crippen LogP contribution in [-0.4, -0.2) is 32.1 Å². The van der Waals surface area contributed by atoms with Crippen molar-refractivity contribution in [1.29, 1.82) is 0 Å². The Hall–Kier alpha value is -1.88. The number of para-hydroxylation sites is 1. The van der Waals surface area contributed by atoms with Crippen molar-refractivity contribution in [1.82, 2.24) is 0 Å². The molecule has 0 aliphatic carbocycles. The summed E-state index contributed by atoms with van der Waals surface area (Å²) in [6, 6.07) is 8.55. The van der Waals surface area contributed by atoms with Gasteiger partial charge in [-0.2, -0.15) is 0 Å². The summed E-state index contributed by atoms with van der Waals surface area (Å²) in [5, 5.41) is 0. The number of amides is 1. The van der Waals surface area contributed by atoms with Gasteiger partial charge in [0.05, 0.1) is 7.11 Å². The van der Waals surface area contributed by atoms with Crippen molar-refractivity contribution in [2.75, 3.05) is 19.1 Å². The van der Waals surface area contributed by atoms with E-state index < -0.39 is 12.0 Å². The third-order valence-electron chi connectivity index (χ3n) is 2.69. The summed E-state index contributed by atoms with van der Waals surface area (Å²) in [4.78, 5) is 24.5. The van der Waals surface area contributed by atoms with Crippen LogP contribution >= 0.6 is 0 Å². The number of carbonyl (C=O) groups is 2. The lowest BCUT2D eigenvalue weighted by atomic mass is 10.1. The first-order chi connectivity index (χ1) is 8.56.